The van der Waals surface area contributed by atoms with Crippen LogP contribution in [-0.2, 0) is 0 Å². The van der Waals surface area contributed by atoms with E-state index in [1.54, 1.807) is 0 Å². The first-order valence-electron chi connectivity index (χ1n) is 4.27. The molecule has 0 heterocycles. The van der Waals surface area contributed by atoms with Gasteiger partial charge in [-0.25, -0.2) is 4.39 Å². The smallest absolute Gasteiger partial charge is 0.311 e. The van der Waals surface area contributed by atoms with Crippen LogP contribution in [0, 0.1) is 15.9 Å². The monoisotopic (exact) mass is 197 g/mol. The van der Waals surface area contributed by atoms with Gasteiger partial charge in [0.25, 0.3) is 0 Å². The Hall–Kier alpha value is -1.65. The van der Waals surface area contributed by atoms with E-state index in [9.17, 15) is 14.5 Å². The summed E-state index contributed by atoms with van der Waals surface area (Å²) in [6.45, 7) is 0. The van der Waals surface area contributed by atoms with Crippen LogP contribution < -0.4 is 4.74 Å². The maximum absolute atomic E-state index is 12.8. The highest BCUT2D eigenvalue weighted by Gasteiger charge is 2.27. The van der Waals surface area contributed by atoms with Crippen LogP contribution in [-0.4, -0.2) is 11.0 Å². The van der Waals surface area contributed by atoms with Gasteiger partial charge in [-0.15, -0.1) is 0 Å². The van der Waals surface area contributed by atoms with Gasteiger partial charge in [-0.05, 0) is 18.9 Å². The van der Waals surface area contributed by atoms with E-state index in [1.807, 2.05) is 0 Å². The third-order valence-corrected chi connectivity index (χ3v) is 1.94. The Morgan fingerprint density at radius 2 is 2.21 bits per heavy atom. The number of nitrogens with zero attached hydrogens (tertiary/aromatic N) is 1. The maximum atomic E-state index is 12.8. The number of benzene rings is 1. The summed E-state index contributed by atoms with van der Waals surface area (Å²) in [5, 5.41) is 10.5. The van der Waals surface area contributed by atoms with E-state index < -0.39 is 10.7 Å². The molecule has 74 valence electrons. The molecule has 1 aromatic rings. The Labute approximate surface area is 79.5 Å². The summed E-state index contributed by atoms with van der Waals surface area (Å²) < 4.78 is 18.0. The molecule has 0 unspecified atom stereocenters. The zero-order chi connectivity index (χ0) is 10.1. The lowest BCUT2D eigenvalue weighted by atomic mass is 10.3. The summed E-state index contributed by atoms with van der Waals surface area (Å²) in [6.07, 6.45) is 1.79. The van der Waals surface area contributed by atoms with Crippen LogP contribution in [0.4, 0.5) is 10.1 Å². The molecule has 0 atom stereocenters. The average Bonchev–Trinajstić information content (AvgIpc) is 2.87. The van der Waals surface area contributed by atoms with E-state index in [0.29, 0.717) is 0 Å². The Morgan fingerprint density at radius 1 is 1.50 bits per heavy atom. The summed E-state index contributed by atoms with van der Waals surface area (Å²) >= 11 is 0. The molecular formula is C9H8FNO3. The molecule has 4 nitrogen and oxygen atoms in total. The first-order chi connectivity index (χ1) is 6.66. The molecule has 0 amide bonds. The molecule has 0 aromatic heterocycles. The number of hydrogen-bond donors (Lipinski definition) is 0. The molecule has 0 radical (unpaired) electrons. The molecule has 0 saturated heterocycles. The maximum Gasteiger partial charge on any atom is 0.311 e. The van der Waals surface area contributed by atoms with E-state index in [0.717, 1.165) is 31.0 Å². The van der Waals surface area contributed by atoms with Gasteiger partial charge in [0.1, 0.15) is 5.82 Å². The highest BCUT2D eigenvalue weighted by molar-refractivity contribution is 5.46. The van der Waals surface area contributed by atoms with Gasteiger partial charge in [0, 0.05) is 12.1 Å². The van der Waals surface area contributed by atoms with Crippen LogP contribution in [0.3, 0.4) is 0 Å². The number of ether oxygens (including phenoxy) is 1. The number of hydrogen-bond acceptors (Lipinski definition) is 3. The van der Waals surface area contributed by atoms with E-state index in [2.05, 4.69) is 0 Å². The van der Waals surface area contributed by atoms with Gasteiger partial charge in [-0.3, -0.25) is 10.1 Å². The van der Waals surface area contributed by atoms with Crippen molar-refractivity contribution in [2.24, 2.45) is 0 Å². The van der Waals surface area contributed by atoms with Gasteiger partial charge < -0.3 is 4.74 Å². The van der Waals surface area contributed by atoms with E-state index >= 15 is 0 Å². The van der Waals surface area contributed by atoms with Crippen molar-refractivity contribution in [2.45, 2.75) is 18.9 Å². The highest BCUT2D eigenvalue weighted by atomic mass is 19.1. The zero-order valence-electron chi connectivity index (χ0n) is 7.27. The number of nitro benzene ring substituents is 1. The van der Waals surface area contributed by atoms with Crippen molar-refractivity contribution in [1.29, 1.82) is 0 Å². The molecule has 1 fully saturated rings. The number of rotatable bonds is 3. The van der Waals surface area contributed by atoms with Crippen LogP contribution in [0.25, 0.3) is 0 Å². The zero-order valence-corrected chi connectivity index (χ0v) is 7.27. The molecule has 1 aliphatic carbocycles. The fraction of sp³-hybridized carbons (Fsp3) is 0.333. The Balaban J connectivity index is 2.31. The van der Waals surface area contributed by atoms with E-state index in [-0.39, 0.29) is 17.5 Å². The van der Waals surface area contributed by atoms with Gasteiger partial charge in [0.2, 0.25) is 0 Å². The summed E-state index contributed by atoms with van der Waals surface area (Å²) in [7, 11) is 0. The molecule has 2 rings (SSSR count). The minimum atomic E-state index is -0.572. The normalized spacial score (nSPS) is 15.2. The van der Waals surface area contributed by atoms with Crippen LogP contribution in [0.5, 0.6) is 5.75 Å². The van der Waals surface area contributed by atoms with Crippen molar-refractivity contribution >= 4 is 5.69 Å². The number of nitro groups is 1. The second-order valence-corrected chi connectivity index (χ2v) is 3.19. The quantitative estimate of drug-likeness (QED) is 0.551. The lowest BCUT2D eigenvalue weighted by molar-refractivity contribution is -0.386. The molecule has 0 bridgehead atoms. The van der Waals surface area contributed by atoms with Crippen molar-refractivity contribution in [3.8, 4) is 5.75 Å². The molecule has 1 aliphatic rings. The Kier molecular flexibility index (Phi) is 2.07. The van der Waals surface area contributed by atoms with E-state index in [4.69, 9.17) is 4.74 Å². The molecule has 5 heteroatoms. The Morgan fingerprint density at radius 3 is 2.79 bits per heavy atom. The predicted octanol–water partition coefficient (Wildman–Crippen LogP) is 2.28. The standard InChI is InChI=1S/C9H8FNO3/c10-6-1-4-8(11(12)13)9(5-6)14-7-2-3-7/h1,4-5,7H,2-3H2. The van der Waals surface area contributed by atoms with Crippen molar-refractivity contribution in [3.63, 3.8) is 0 Å². The van der Waals surface area contributed by atoms with Gasteiger partial charge >= 0.3 is 5.69 Å². The van der Waals surface area contributed by atoms with Gasteiger partial charge in [0.15, 0.2) is 5.75 Å². The fourth-order valence-electron chi connectivity index (χ4n) is 1.10. The first-order valence-corrected chi connectivity index (χ1v) is 4.27. The van der Waals surface area contributed by atoms with Crippen LogP contribution >= 0.6 is 0 Å². The van der Waals surface area contributed by atoms with Gasteiger partial charge in [-0.2, -0.15) is 0 Å². The minimum absolute atomic E-state index is 0.0236. The fourth-order valence-corrected chi connectivity index (χ4v) is 1.10. The molecule has 0 aliphatic heterocycles. The second kappa shape index (κ2) is 3.25. The Bertz CT molecular complexity index is 376. The lowest BCUT2D eigenvalue weighted by Crippen LogP contribution is -2.00. The van der Waals surface area contributed by atoms with Crippen LogP contribution in [0.2, 0.25) is 0 Å². The summed E-state index contributed by atoms with van der Waals surface area (Å²) in [5.74, 6) is -0.497. The SMILES string of the molecule is O=[N+]([O-])c1ccc(F)cc1OC1CC1. The van der Waals surface area contributed by atoms with Gasteiger partial charge in [0.05, 0.1) is 11.0 Å². The topological polar surface area (TPSA) is 52.4 Å². The largest absolute Gasteiger partial charge is 0.483 e. The number of halogens is 1. The van der Waals surface area contributed by atoms with Crippen molar-refractivity contribution in [3.05, 3.63) is 34.1 Å². The van der Waals surface area contributed by atoms with Crippen LogP contribution in [0.15, 0.2) is 18.2 Å². The summed E-state index contributed by atoms with van der Waals surface area (Å²) in [6, 6.07) is 3.22. The van der Waals surface area contributed by atoms with Crippen molar-refractivity contribution in [1.82, 2.24) is 0 Å². The molecule has 1 aromatic carbocycles. The molecular weight excluding hydrogens is 189 g/mol. The van der Waals surface area contributed by atoms with Crippen LogP contribution in [0.1, 0.15) is 12.8 Å². The van der Waals surface area contributed by atoms with E-state index in [1.165, 1.54) is 0 Å². The minimum Gasteiger partial charge on any atom is -0.483 e. The molecule has 0 spiro atoms. The first kappa shape index (κ1) is 8.93. The van der Waals surface area contributed by atoms with Gasteiger partial charge in [-0.1, -0.05) is 0 Å². The van der Waals surface area contributed by atoms with Crippen molar-refractivity contribution in [2.75, 3.05) is 0 Å². The third-order valence-electron chi connectivity index (χ3n) is 1.94. The summed E-state index contributed by atoms with van der Waals surface area (Å²) in [4.78, 5) is 9.97. The molecule has 1 saturated carbocycles. The molecule has 14 heavy (non-hydrogen) atoms. The average molecular weight is 197 g/mol. The summed E-state index contributed by atoms with van der Waals surface area (Å²) in [5.41, 5.74) is -0.182. The highest BCUT2D eigenvalue weighted by Crippen LogP contribution is 2.33. The lowest BCUT2D eigenvalue weighted by Gasteiger charge is -2.04. The predicted molar refractivity (Wildman–Crippen MR) is 46.7 cm³/mol. The second-order valence-electron chi connectivity index (χ2n) is 3.19. The molecule has 0 N–H and O–H groups in total. The van der Waals surface area contributed by atoms with Crippen molar-refractivity contribution < 1.29 is 14.1 Å². The third kappa shape index (κ3) is 1.81.